The summed E-state index contributed by atoms with van der Waals surface area (Å²) < 4.78 is 39.6. The molecule has 0 radical (unpaired) electrons. The van der Waals surface area contributed by atoms with Gasteiger partial charge in [0.2, 0.25) is 0 Å². The van der Waals surface area contributed by atoms with Crippen molar-refractivity contribution >= 4 is 5.97 Å². The monoisotopic (exact) mass is 789 g/mol. The average molecular weight is 789 g/mol. The second-order valence-electron chi connectivity index (χ2n) is 21.9. The molecule has 3 N–H and O–H groups in total. The van der Waals surface area contributed by atoms with Crippen LogP contribution in [0.1, 0.15) is 176 Å². The standard InChI is InChI=1S/C45H88O10/c1-20-21-37(2,3)36(46)55-41(10,11)25-29-51-42(12,13)30-32(43(14,15)52-26-22-38(4,5)47)35-34(45(18,19)54-28-24-40(8,9)49)33(31-50-35)44(16,17)53-27-23-39(6,7)48/h32-35,47-49H,20-31H2,1-19H3. The van der Waals surface area contributed by atoms with Crippen LogP contribution in [-0.4, -0.2) is 105 Å². The van der Waals surface area contributed by atoms with E-state index in [0.29, 0.717) is 65.1 Å². The van der Waals surface area contributed by atoms with Gasteiger partial charge in [-0.15, -0.1) is 0 Å². The predicted molar refractivity (Wildman–Crippen MR) is 221 cm³/mol. The summed E-state index contributed by atoms with van der Waals surface area (Å²) >= 11 is 0. The van der Waals surface area contributed by atoms with Gasteiger partial charge in [-0.3, -0.25) is 4.79 Å². The molecule has 0 spiro atoms. The number of carbonyl (C=O) groups excluding carboxylic acids is 1. The van der Waals surface area contributed by atoms with Crippen molar-refractivity contribution in [3.63, 3.8) is 0 Å². The van der Waals surface area contributed by atoms with E-state index < -0.39 is 50.2 Å². The Morgan fingerprint density at radius 2 is 1.04 bits per heavy atom. The van der Waals surface area contributed by atoms with Gasteiger partial charge in [0.15, 0.2) is 0 Å². The quantitative estimate of drug-likeness (QED) is 0.0731. The van der Waals surface area contributed by atoms with Crippen molar-refractivity contribution in [2.45, 2.75) is 227 Å². The van der Waals surface area contributed by atoms with Gasteiger partial charge >= 0.3 is 5.97 Å². The lowest BCUT2D eigenvalue weighted by Gasteiger charge is -2.48. The number of carbonyl (C=O) groups is 1. The van der Waals surface area contributed by atoms with Crippen LogP contribution in [0, 0.1) is 23.2 Å². The number of esters is 1. The van der Waals surface area contributed by atoms with E-state index in [9.17, 15) is 20.1 Å². The third-order valence-corrected chi connectivity index (χ3v) is 11.5. The van der Waals surface area contributed by atoms with E-state index in [-0.39, 0.29) is 29.8 Å². The van der Waals surface area contributed by atoms with Crippen molar-refractivity contribution in [3.05, 3.63) is 0 Å². The van der Waals surface area contributed by atoms with Gasteiger partial charge in [-0.2, -0.15) is 0 Å². The van der Waals surface area contributed by atoms with E-state index in [1.165, 1.54) is 0 Å². The number of ether oxygens (including phenoxy) is 6. The first-order valence-corrected chi connectivity index (χ1v) is 21.0. The molecule has 0 saturated carbocycles. The Morgan fingerprint density at radius 3 is 1.49 bits per heavy atom. The van der Waals surface area contributed by atoms with Crippen molar-refractivity contribution in [2.75, 3.05) is 33.0 Å². The number of aliphatic hydroxyl groups is 3. The molecule has 4 unspecified atom stereocenters. The molecule has 1 saturated heterocycles. The minimum Gasteiger partial charge on any atom is -0.459 e. The summed E-state index contributed by atoms with van der Waals surface area (Å²) in [6.45, 7) is 39.3. The van der Waals surface area contributed by atoms with Gasteiger partial charge in [0.1, 0.15) is 5.60 Å². The van der Waals surface area contributed by atoms with Crippen LogP contribution in [0.4, 0.5) is 0 Å². The Bertz CT molecular complexity index is 1150. The summed E-state index contributed by atoms with van der Waals surface area (Å²) in [5, 5.41) is 31.5. The molecule has 55 heavy (non-hydrogen) atoms. The van der Waals surface area contributed by atoms with Crippen LogP contribution in [0.2, 0.25) is 0 Å². The van der Waals surface area contributed by atoms with Crippen molar-refractivity contribution in [1.82, 2.24) is 0 Å². The molecule has 0 amide bonds. The molecule has 4 atom stereocenters. The summed E-state index contributed by atoms with van der Waals surface area (Å²) in [7, 11) is 0. The van der Waals surface area contributed by atoms with E-state index in [1.54, 1.807) is 41.5 Å². The third-order valence-electron chi connectivity index (χ3n) is 11.5. The molecule has 1 fully saturated rings. The third kappa shape index (κ3) is 18.7. The highest BCUT2D eigenvalue weighted by Gasteiger charge is 2.58. The van der Waals surface area contributed by atoms with Gasteiger partial charge in [-0.25, -0.2) is 0 Å². The van der Waals surface area contributed by atoms with Crippen LogP contribution in [-0.2, 0) is 33.2 Å². The molecule has 1 heterocycles. The number of rotatable bonds is 26. The molecule has 0 aromatic heterocycles. The smallest absolute Gasteiger partial charge is 0.312 e. The minimum absolute atomic E-state index is 0.0809. The van der Waals surface area contributed by atoms with Crippen LogP contribution < -0.4 is 0 Å². The van der Waals surface area contributed by atoms with Gasteiger partial charge in [0.25, 0.3) is 0 Å². The molecule has 1 aliphatic heterocycles. The van der Waals surface area contributed by atoms with Crippen LogP contribution in [0.5, 0.6) is 0 Å². The lowest BCUT2D eigenvalue weighted by Crippen LogP contribution is -2.55. The fourth-order valence-corrected chi connectivity index (χ4v) is 7.62. The molecule has 1 aliphatic rings. The van der Waals surface area contributed by atoms with Crippen molar-refractivity contribution in [3.8, 4) is 0 Å². The molecular formula is C45H88O10. The van der Waals surface area contributed by atoms with Gasteiger partial charge in [0, 0.05) is 24.2 Å². The van der Waals surface area contributed by atoms with Gasteiger partial charge in [0.05, 0.1) is 83.8 Å². The molecule has 0 bridgehead atoms. The summed E-state index contributed by atoms with van der Waals surface area (Å²) in [5.74, 6) is -0.622. The largest absolute Gasteiger partial charge is 0.459 e. The SMILES string of the molecule is CCCC(C)(C)C(=O)OC(C)(C)CCOC(C)(C)CC(C1OCC(C(C)(C)OCCC(C)(C)O)C1C(C)(C)OCCC(C)(C)O)C(C)(C)OCCC(C)(C)O. The molecule has 0 aliphatic carbocycles. The van der Waals surface area contributed by atoms with E-state index in [2.05, 4.69) is 62.3 Å². The summed E-state index contributed by atoms with van der Waals surface area (Å²) in [6, 6.07) is 0. The topological polar surface area (TPSA) is 133 Å². The second kappa shape index (κ2) is 19.5. The zero-order chi connectivity index (χ0) is 43.1. The molecule has 0 aromatic carbocycles. The Morgan fingerprint density at radius 1 is 0.600 bits per heavy atom. The highest BCUT2D eigenvalue weighted by molar-refractivity contribution is 5.76. The summed E-state index contributed by atoms with van der Waals surface area (Å²) in [5.41, 5.74) is -6.52. The average Bonchev–Trinajstić information content (AvgIpc) is 3.40. The summed E-state index contributed by atoms with van der Waals surface area (Å²) in [6.07, 6.45) is 3.88. The van der Waals surface area contributed by atoms with Crippen molar-refractivity contribution in [1.29, 1.82) is 0 Å². The normalized spacial score (nSPS) is 20.6. The zero-order valence-corrected chi connectivity index (χ0v) is 39.0. The van der Waals surface area contributed by atoms with Gasteiger partial charge in [-0.05, 0) is 157 Å². The van der Waals surface area contributed by atoms with Crippen LogP contribution in [0.15, 0.2) is 0 Å². The minimum atomic E-state index is -0.881. The van der Waals surface area contributed by atoms with E-state index in [0.717, 1.165) is 12.8 Å². The lowest BCUT2D eigenvalue weighted by molar-refractivity contribution is -0.177. The second-order valence-corrected chi connectivity index (χ2v) is 21.9. The highest BCUT2D eigenvalue weighted by atomic mass is 16.6. The first-order valence-electron chi connectivity index (χ1n) is 21.0. The number of hydrogen-bond donors (Lipinski definition) is 3. The first-order chi connectivity index (χ1) is 24.5. The van der Waals surface area contributed by atoms with Crippen LogP contribution in [0.25, 0.3) is 0 Å². The van der Waals surface area contributed by atoms with Gasteiger partial charge < -0.3 is 43.7 Å². The van der Waals surface area contributed by atoms with Crippen molar-refractivity contribution in [2.24, 2.45) is 23.2 Å². The Kier molecular flexibility index (Phi) is 18.5. The molecule has 10 heteroatoms. The Labute approximate surface area is 337 Å². The molecule has 10 nitrogen and oxygen atoms in total. The van der Waals surface area contributed by atoms with Crippen molar-refractivity contribution < 1.29 is 48.5 Å². The van der Waals surface area contributed by atoms with Crippen LogP contribution in [0.3, 0.4) is 0 Å². The van der Waals surface area contributed by atoms with E-state index >= 15 is 0 Å². The lowest BCUT2D eigenvalue weighted by atomic mass is 9.65. The van der Waals surface area contributed by atoms with E-state index in [4.69, 9.17) is 28.4 Å². The molecule has 328 valence electrons. The first kappa shape index (κ1) is 52.2. The van der Waals surface area contributed by atoms with E-state index in [1.807, 2.05) is 27.7 Å². The Hall–Kier alpha value is -0.850. The Balaban J connectivity index is 3.57. The molecular weight excluding hydrogens is 700 g/mol. The predicted octanol–water partition coefficient (Wildman–Crippen LogP) is 8.83. The fraction of sp³-hybridized carbons (Fsp3) is 0.978. The molecule has 0 aromatic rings. The number of hydrogen-bond acceptors (Lipinski definition) is 10. The summed E-state index contributed by atoms with van der Waals surface area (Å²) in [4.78, 5) is 13.1. The zero-order valence-electron chi connectivity index (χ0n) is 39.0. The van der Waals surface area contributed by atoms with Crippen LogP contribution >= 0.6 is 0 Å². The maximum atomic E-state index is 13.1. The fourth-order valence-electron chi connectivity index (χ4n) is 7.62. The maximum Gasteiger partial charge on any atom is 0.312 e. The molecule has 1 rings (SSSR count). The van der Waals surface area contributed by atoms with Gasteiger partial charge in [-0.1, -0.05) is 13.3 Å². The maximum absolute atomic E-state index is 13.1. The highest BCUT2D eigenvalue weighted by Crippen LogP contribution is 2.50.